The number of aliphatic hydroxyl groups is 1. The van der Waals surface area contributed by atoms with Crippen LogP contribution in [0.1, 0.15) is 41.5 Å². The molecule has 0 heterocycles. The fraction of sp³-hybridized carbons (Fsp3) is 0.800. The van der Waals surface area contributed by atoms with Crippen molar-refractivity contribution in [3.63, 3.8) is 0 Å². The molecule has 12 heavy (non-hydrogen) atoms. The van der Waals surface area contributed by atoms with E-state index < -0.39 is 5.60 Å². The van der Waals surface area contributed by atoms with Crippen LogP contribution in [0.15, 0.2) is 12.7 Å². The van der Waals surface area contributed by atoms with E-state index in [1.165, 1.54) is 6.42 Å². The molecule has 0 aliphatic heterocycles. The summed E-state index contributed by atoms with van der Waals surface area (Å²) in [5, 5.41) is 9.52. The molecule has 0 fully saturated rings. The Morgan fingerprint density at radius 2 is 2.08 bits per heavy atom. The second-order valence-corrected chi connectivity index (χ2v) is 3.85. The van der Waals surface area contributed by atoms with Gasteiger partial charge in [-0.25, -0.2) is 0 Å². The molecule has 0 aromatic carbocycles. The Labute approximate surface area is 121 Å². The zero-order chi connectivity index (χ0) is 8.91. The molecule has 0 aromatic rings. The van der Waals surface area contributed by atoms with Crippen molar-refractivity contribution in [2.75, 3.05) is 0 Å². The number of hydrogen-bond acceptors (Lipinski definition) is 1. The van der Waals surface area contributed by atoms with Crippen LogP contribution in [-0.4, -0.2) is 10.7 Å². The molecule has 0 spiro atoms. The fourth-order valence-electron chi connectivity index (χ4n) is 0.970. The van der Waals surface area contributed by atoms with Gasteiger partial charge in [0.1, 0.15) is 0 Å². The van der Waals surface area contributed by atoms with E-state index in [-0.39, 0.29) is 52.8 Å². The quantitative estimate of drug-likeness (QED) is 0.480. The summed E-state index contributed by atoms with van der Waals surface area (Å²) in [7, 11) is 0. The largest absolute Gasteiger partial charge is 1.00 e. The molecule has 0 aliphatic carbocycles. The van der Waals surface area contributed by atoms with Crippen LogP contribution in [-0.2, 0) is 0 Å². The smallest absolute Gasteiger partial charge is 1.00 e. The topological polar surface area (TPSA) is 20.2 Å². The summed E-state index contributed by atoms with van der Waals surface area (Å²) in [6, 6.07) is 0. The van der Waals surface area contributed by atoms with E-state index in [1.807, 2.05) is 0 Å². The Morgan fingerprint density at radius 3 is 2.42 bits per heavy atom. The minimum atomic E-state index is -0.658. The molecule has 0 aromatic heterocycles. The molecular weight excluding hydrogens is 175 g/mol. The van der Waals surface area contributed by atoms with Crippen molar-refractivity contribution in [2.45, 2.75) is 45.6 Å². The van der Waals surface area contributed by atoms with Crippen molar-refractivity contribution in [2.24, 2.45) is 5.92 Å². The Morgan fingerprint density at radius 1 is 1.58 bits per heavy atom. The van der Waals surface area contributed by atoms with Gasteiger partial charge in [0.05, 0.1) is 5.60 Å². The summed E-state index contributed by atoms with van der Waals surface area (Å²) in [6.07, 6.45) is 4.71. The molecule has 0 rings (SSSR count). The average Bonchev–Trinajstić information content (AvgIpc) is 1.87. The van der Waals surface area contributed by atoms with Gasteiger partial charge in [0.15, 0.2) is 0 Å². The first kappa shape index (κ1) is 15.8. The van der Waals surface area contributed by atoms with Crippen LogP contribution in [0.4, 0.5) is 0 Å². The molecule has 2 heteroatoms. The molecule has 0 radical (unpaired) electrons. The summed E-state index contributed by atoms with van der Waals surface area (Å²) in [4.78, 5) is 0. The predicted molar refractivity (Wildman–Crippen MR) is 50.6 cm³/mol. The Bertz CT molecular complexity index is 124. The van der Waals surface area contributed by atoms with E-state index in [2.05, 4.69) is 20.4 Å². The van der Waals surface area contributed by atoms with E-state index in [4.69, 9.17) is 0 Å². The van der Waals surface area contributed by atoms with Gasteiger partial charge in [-0.1, -0.05) is 32.8 Å². The minimum absolute atomic E-state index is 0. The monoisotopic (exact) mass is 196 g/mol. The standard InChI is InChI=1S/C10H20O.K.H/c1-5-10(4,11)8-6-7-9(2)3;;/h5,9,11H,1,6-8H2,2-4H3;;/q;+1;-1. The van der Waals surface area contributed by atoms with Gasteiger partial charge < -0.3 is 6.53 Å². The molecule has 1 N–H and O–H groups in total. The van der Waals surface area contributed by atoms with E-state index in [0.29, 0.717) is 0 Å². The van der Waals surface area contributed by atoms with Gasteiger partial charge >= 0.3 is 51.4 Å². The van der Waals surface area contributed by atoms with Gasteiger partial charge in [0.2, 0.25) is 0 Å². The van der Waals surface area contributed by atoms with Gasteiger partial charge in [-0.2, -0.15) is 0 Å². The van der Waals surface area contributed by atoms with E-state index in [1.54, 1.807) is 13.0 Å². The van der Waals surface area contributed by atoms with Crippen molar-refractivity contribution in [3.05, 3.63) is 12.7 Å². The zero-order valence-electron chi connectivity index (χ0n) is 9.93. The van der Waals surface area contributed by atoms with Crippen molar-refractivity contribution in [1.29, 1.82) is 0 Å². The SMILES string of the molecule is C=CC(C)(O)CCCC(C)C.[H-].[K+]. The van der Waals surface area contributed by atoms with Crippen LogP contribution in [0, 0.1) is 5.92 Å². The maximum absolute atomic E-state index is 9.52. The fourth-order valence-corrected chi connectivity index (χ4v) is 0.970. The van der Waals surface area contributed by atoms with Crippen molar-refractivity contribution >= 4 is 0 Å². The predicted octanol–water partition coefficient (Wildman–Crippen LogP) is -0.134. The van der Waals surface area contributed by atoms with E-state index >= 15 is 0 Å². The third-order valence-electron chi connectivity index (χ3n) is 1.90. The Hall–Kier alpha value is 1.34. The number of hydrogen-bond donors (Lipinski definition) is 1. The van der Waals surface area contributed by atoms with Crippen LogP contribution < -0.4 is 51.4 Å². The summed E-state index contributed by atoms with van der Waals surface area (Å²) < 4.78 is 0. The van der Waals surface area contributed by atoms with Crippen LogP contribution in [0.25, 0.3) is 0 Å². The van der Waals surface area contributed by atoms with Gasteiger partial charge in [-0.05, 0) is 19.3 Å². The molecule has 1 unspecified atom stereocenters. The third kappa shape index (κ3) is 9.42. The summed E-state index contributed by atoms with van der Waals surface area (Å²) in [5.41, 5.74) is -0.658. The maximum Gasteiger partial charge on any atom is 1.00 e. The van der Waals surface area contributed by atoms with Crippen LogP contribution >= 0.6 is 0 Å². The van der Waals surface area contributed by atoms with E-state index in [9.17, 15) is 5.11 Å². The van der Waals surface area contributed by atoms with Crippen molar-refractivity contribution in [1.82, 2.24) is 0 Å². The molecule has 1 atom stereocenters. The first-order valence-electron chi connectivity index (χ1n) is 4.34. The summed E-state index contributed by atoms with van der Waals surface area (Å²) >= 11 is 0. The number of rotatable bonds is 5. The van der Waals surface area contributed by atoms with Crippen LogP contribution in [0.5, 0.6) is 0 Å². The first-order chi connectivity index (χ1) is 4.98. The van der Waals surface area contributed by atoms with Gasteiger partial charge in [0, 0.05) is 0 Å². The Balaban J connectivity index is -0.000000500. The molecule has 0 saturated carbocycles. The molecule has 0 aliphatic rings. The molecule has 1 nitrogen and oxygen atoms in total. The summed E-state index contributed by atoms with van der Waals surface area (Å²) in [6.45, 7) is 9.78. The maximum atomic E-state index is 9.52. The molecule has 0 saturated heterocycles. The molecular formula is C10H21KO. The average molecular weight is 196 g/mol. The van der Waals surface area contributed by atoms with Gasteiger partial charge in [0.25, 0.3) is 0 Å². The van der Waals surface area contributed by atoms with Crippen LogP contribution in [0.3, 0.4) is 0 Å². The second-order valence-electron chi connectivity index (χ2n) is 3.85. The zero-order valence-corrected chi connectivity index (χ0v) is 12.1. The molecule has 0 bridgehead atoms. The normalized spacial score (nSPS) is 15.1. The van der Waals surface area contributed by atoms with Crippen molar-refractivity contribution < 1.29 is 57.9 Å². The van der Waals surface area contributed by atoms with Crippen molar-refractivity contribution in [3.8, 4) is 0 Å². The van der Waals surface area contributed by atoms with Crippen LogP contribution in [0.2, 0.25) is 0 Å². The Kier molecular flexibility index (Phi) is 10.2. The van der Waals surface area contributed by atoms with Gasteiger partial charge in [-0.3, -0.25) is 0 Å². The molecule has 68 valence electrons. The van der Waals surface area contributed by atoms with E-state index in [0.717, 1.165) is 18.8 Å². The third-order valence-corrected chi connectivity index (χ3v) is 1.90. The molecule has 0 amide bonds. The second kappa shape index (κ2) is 7.71. The minimum Gasteiger partial charge on any atom is -1.00 e. The summed E-state index contributed by atoms with van der Waals surface area (Å²) in [5.74, 6) is 0.732. The first-order valence-corrected chi connectivity index (χ1v) is 4.34. The van der Waals surface area contributed by atoms with Gasteiger partial charge in [-0.15, -0.1) is 6.58 Å².